The lowest BCUT2D eigenvalue weighted by Crippen LogP contribution is -1.96. The minimum absolute atomic E-state index is 0.000131. The number of nitro groups is 1. The van der Waals surface area contributed by atoms with Crippen LogP contribution in [0.4, 0.5) is 5.69 Å². The summed E-state index contributed by atoms with van der Waals surface area (Å²) in [5, 5.41) is 19.7. The molecule has 0 spiro atoms. The van der Waals surface area contributed by atoms with Crippen molar-refractivity contribution in [3.05, 3.63) is 33.9 Å². The number of aliphatic hydroxyl groups excluding tert-OH is 1. The topological polar surface area (TPSA) is 72.6 Å². The molecule has 88 valence electrons. The molecule has 0 saturated heterocycles. The van der Waals surface area contributed by atoms with Crippen LogP contribution in [0, 0.1) is 10.1 Å². The molecule has 0 heterocycles. The Bertz CT molecular complexity index is 370. The zero-order valence-electron chi connectivity index (χ0n) is 8.88. The fourth-order valence-corrected chi connectivity index (χ4v) is 2.12. The van der Waals surface area contributed by atoms with E-state index in [-0.39, 0.29) is 12.3 Å². The zero-order chi connectivity index (χ0) is 12.0. The van der Waals surface area contributed by atoms with Crippen LogP contribution in [-0.2, 0) is 11.3 Å². The lowest BCUT2D eigenvalue weighted by Gasteiger charge is -2.06. The summed E-state index contributed by atoms with van der Waals surface area (Å²) in [5.41, 5.74) is 0.579. The van der Waals surface area contributed by atoms with Gasteiger partial charge in [-0.05, 0) is 11.6 Å². The first-order valence-electron chi connectivity index (χ1n) is 4.69. The van der Waals surface area contributed by atoms with Gasteiger partial charge in [-0.3, -0.25) is 10.1 Å². The van der Waals surface area contributed by atoms with E-state index in [1.165, 1.54) is 23.9 Å². The molecule has 0 bridgehead atoms. The average Bonchev–Trinajstić information content (AvgIpc) is 2.29. The maximum atomic E-state index is 10.5. The van der Waals surface area contributed by atoms with Gasteiger partial charge >= 0.3 is 0 Å². The Kier molecular flexibility index (Phi) is 5.24. The van der Waals surface area contributed by atoms with E-state index in [0.29, 0.717) is 12.2 Å². The third kappa shape index (κ3) is 3.48. The summed E-state index contributed by atoms with van der Waals surface area (Å²) >= 11 is 1.51. The minimum Gasteiger partial charge on any atom is -0.392 e. The van der Waals surface area contributed by atoms with Gasteiger partial charge in [0.25, 0.3) is 5.69 Å². The summed E-state index contributed by atoms with van der Waals surface area (Å²) in [5.74, 6) is 0.751. The molecule has 0 amide bonds. The minimum atomic E-state index is -0.469. The van der Waals surface area contributed by atoms with Crippen LogP contribution >= 0.6 is 11.8 Å². The molecule has 1 N–H and O–H groups in total. The Morgan fingerprint density at radius 2 is 2.31 bits per heavy atom. The molecule has 0 saturated carbocycles. The van der Waals surface area contributed by atoms with Crippen molar-refractivity contribution in [3.63, 3.8) is 0 Å². The number of non-ortho nitro benzene ring substituents is 1. The van der Waals surface area contributed by atoms with Crippen LogP contribution in [0.5, 0.6) is 0 Å². The van der Waals surface area contributed by atoms with Gasteiger partial charge in [0.05, 0.1) is 18.1 Å². The highest BCUT2D eigenvalue weighted by molar-refractivity contribution is 7.99. The van der Waals surface area contributed by atoms with Gasteiger partial charge in [-0.25, -0.2) is 0 Å². The standard InChI is InChI=1S/C10H13NO4S/c1-15-4-5-16-10-3-2-9(11(13)14)6-8(10)7-12/h2-3,6,12H,4-5,7H2,1H3. The molecule has 0 aromatic heterocycles. The van der Waals surface area contributed by atoms with Crippen molar-refractivity contribution in [1.82, 2.24) is 0 Å². The van der Waals surface area contributed by atoms with Crippen LogP contribution in [-0.4, -0.2) is 29.5 Å². The number of nitro benzene ring substituents is 1. The van der Waals surface area contributed by atoms with Crippen molar-refractivity contribution in [2.75, 3.05) is 19.5 Å². The first kappa shape index (κ1) is 13.0. The van der Waals surface area contributed by atoms with Crippen molar-refractivity contribution >= 4 is 17.4 Å². The number of aliphatic hydroxyl groups is 1. The second-order valence-electron chi connectivity index (χ2n) is 3.05. The number of nitrogens with zero attached hydrogens (tertiary/aromatic N) is 1. The predicted molar refractivity (Wildman–Crippen MR) is 61.6 cm³/mol. The number of thioether (sulfide) groups is 1. The van der Waals surface area contributed by atoms with Crippen molar-refractivity contribution in [2.45, 2.75) is 11.5 Å². The largest absolute Gasteiger partial charge is 0.392 e. The fourth-order valence-electron chi connectivity index (χ4n) is 1.18. The van der Waals surface area contributed by atoms with Gasteiger partial charge in [-0.1, -0.05) is 0 Å². The van der Waals surface area contributed by atoms with Crippen molar-refractivity contribution in [2.24, 2.45) is 0 Å². The second-order valence-corrected chi connectivity index (χ2v) is 4.19. The molecule has 1 aromatic carbocycles. The van der Waals surface area contributed by atoms with E-state index in [4.69, 9.17) is 9.84 Å². The molecule has 0 radical (unpaired) electrons. The summed E-state index contributed by atoms with van der Waals surface area (Å²) in [7, 11) is 1.61. The van der Waals surface area contributed by atoms with Gasteiger partial charge in [0.1, 0.15) is 0 Å². The maximum Gasteiger partial charge on any atom is 0.269 e. The number of hydrogen-bond donors (Lipinski definition) is 1. The molecule has 0 aliphatic carbocycles. The number of methoxy groups -OCH3 is 1. The van der Waals surface area contributed by atoms with E-state index in [0.717, 1.165) is 10.6 Å². The Morgan fingerprint density at radius 1 is 1.56 bits per heavy atom. The third-order valence-electron chi connectivity index (χ3n) is 1.97. The smallest absolute Gasteiger partial charge is 0.269 e. The van der Waals surface area contributed by atoms with Gasteiger partial charge in [-0.15, -0.1) is 11.8 Å². The quantitative estimate of drug-likeness (QED) is 0.357. The molecule has 0 unspecified atom stereocenters. The highest BCUT2D eigenvalue weighted by atomic mass is 32.2. The lowest BCUT2D eigenvalue weighted by atomic mass is 10.2. The lowest BCUT2D eigenvalue weighted by molar-refractivity contribution is -0.385. The van der Waals surface area contributed by atoms with Crippen LogP contribution in [0.25, 0.3) is 0 Å². The van der Waals surface area contributed by atoms with Crippen LogP contribution in [0.1, 0.15) is 5.56 Å². The molecule has 1 rings (SSSR count). The van der Waals surface area contributed by atoms with Crippen LogP contribution in [0.2, 0.25) is 0 Å². The number of benzene rings is 1. The highest BCUT2D eigenvalue weighted by Gasteiger charge is 2.10. The molecular formula is C10H13NO4S. The average molecular weight is 243 g/mol. The molecule has 6 heteroatoms. The van der Waals surface area contributed by atoms with E-state index >= 15 is 0 Å². The van der Waals surface area contributed by atoms with E-state index in [1.54, 1.807) is 13.2 Å². The van der Waals surface area contributed by atoms with Gasteiger partial charge in [-0.2, -0.15) is 0 Å². The third-order valence-corrected chi connectivity index (χ3v) is 3.05. The molecule has 1 aromatic rings. The summed E-state index contributed by atoms with van der Waals surface area (Å²) in [4.78, 5) is 10.9. The van der Waals surface area contributed by atoms with Crippen molar-refractivity contribution in [1.29, 1.82) is 0 Å². The fraction of sp³-hybridized carbons (Fsp3) is 0.400. The first-order valence-corrected chi connectivity index (χ1v) is 5.67. The van der Waals surface area contributed by atoms with Gasteiger partial charge < -0.3 is 9.84 Å². The van der Waals surface area contributed by atoms with Crippen LogP contribution in [0.3, 0.4) is 0 Å². The molecule has 16 heavy (non-hydrogen) atoms. The maximum absolute atomic E-state index is 10.5. The Balaban J connectivity index is 2.80. The normalized spacial score (nSPS) is 10.4. The number of rotatable bonds is 6. The summed E-state index contributed by atoms with van der Waals surface area (Å²) < 4.78 is 4.91. The number of ether oxygens (including phenoxy) is 1. The predicted octanol–water partition coefficient (Wildman–Crippen LogP) is 1.83. The van der Waals surface area contributed by atoms with E-state index < -0.39 is 4.92 Å². The first-order chi connectivity index (χ1) is 7.69. The summed E-state index contributed by atoms with van der Waals surface area (Å²) in [6, 6.07) is 4.49. The van der Waals surface area contributed by atoms with E-state index in [1.807, 2.05) is 0 Å². The van der Waals surface area contributed by atoms with Gasteiger partial charge in [0, 0.05) is 29.9 Å². The number of hydrogen-bond acceptors (Lipinski definition) is 5. The second kappa shape index (κ2) is 6.47. The SMILES string of the molecule is COCCSc1ccc([N+](=O)[O-])cc1CO. The Morgan fingerprint density at radius 3 is 2.88 bits per heavy atom. The van der Waals surface area contributed by atoms with E-state index in [2.05, 4.69) is 0 Å². The molecule has 5 nitrogen and oxygen atoms in total. The molecule has 0 atom stereocenters. The van der Waals surface area contributed by atoms with Gasteiger partial charge in [0.2, 0.25) is 0 Å². The monoisotopic (exact) mass is 243 g/mol. The Hall–Kier alpha value is -1.11. The summed E-state index contributed by atoms with van der Waals surface area (Å²) in [6.07, 6.45) is 0. The molecule has 0 aliphatic rings. The van der Waals surface area contributed by atoms with Crippen LogP contribution in [0.15, 0.2) is 23.1 Å². The Labute approximate surface area is 97.6 Å². The zero-order valence-corrected chi connectivity index (χ0v) is 9.70. The molecule has 0 fully saturated rings. The highest BCUT2D eigenvalue weighted by Crippen LogP contribution is 2.26. The van der Waals surface area contributed by atoms with Crippen LogP contribution < -0.4 is 0 Å². The van der Waals surface area contributed by atoms with Crippen molar-refractivity contribution < 1.29 is 14.8 Å². The molecule has 0 aliphatic heterocycles. The summed E-state index contributed by atoms with van der Waals surface area (Å²) in [6.45, 7) is 0.406. The van der Waals surface area contributed by atoms with Gasteiger partial charge in [0.15, 0.2) is 0 Å². The van der Waals surface area contributed by atoms with E-state index in [9.17, 15) is 10.1 Å². The molecular weight excluding hydrogens is 230 g/mol. The van der Waals surface area contributed by atoms with Crippen molar-refractivity contribution in [3.8, 4) is 0 Å².